The first kappa shape index (κ1) is 17.3. The van der Waals surface area contributed by atoms with E-state index in [4.69, 9.17) is 5.11 Å². The quantitative estimate of drug-likeness (QED) is 0.630. The Bertz CT molecular complexity index is 938. The van der Waals surface area contributed by atoms with Crippen LogP contribution in [0.2, 0.25) is 0 Å². The monoisotopic (exact) mass is 354 g/mol. The van der Waals surface area contributed by atoms with Crippen molar-refractivity contribution < 1.29 is 19.1 Å². The molecule has 7 nitrogen and oxygen atoms in total. The van der Waals surface area contributed by atoms with Gasteiger partial charge in [0.25, 0.3) is 0 Å². The largest absolute Gasteiger partial charge is 0.481 e. The molecule has 0 unspecified atom stereocenters. The third-order valence-corrected chi connectivity index (χ3v) is 3.74. The van der Waals surface area contributed by atoms with Crippen LogP contribution in [0.1, 0.15) is 12.8 Å². The number of amides is 1. The number of nitrogens with one attached hydrogen (secondary N) is 2. The Balaban J connectivity index is 1.91. The summed E-state index contributed by atoms with van der Waals surface area (Å²) < 4.78 is 13.2. The molecule has 26 heavy (non-hydrogen) atoms. The van der Waals surface area contributed by atoms with Crippen molar-refractivity contribution >= 4 is 17.7 Å². The number of pyridine rings is 1. The highest BCUT2D eigenvalue weighted by molar-refractivity contribution is 5.97. The summed E-state index contributed by atoms with van der Waals surface area (Å²) in [6.45, 7) is 0. The minimum atomic E-state index is -1.04. The van der Waals surface area contributed by atoms with Crippen molar-refractivity contribution in [1.29, 1.82) is 0 Å². The number of benzene rings is 1. The molecule has 1 aromatic carbocycles. The van der Waals surface area contributed by atoms with Crippen molar-refractivity contribution in [2.75, 3.05) is 5.32 Å². The van der Waals surface area contributed by atoms with Gasteiger partial charge in [-0.05, 0) is 29.3 Å². The smallest absolute Gasteiger partial charge is 0.303 e. The van der Waals surface area contributed by atoms with Gasteiger partial charge in [-0.15, -0.1) is 0 Å². The molecule has 0 radical (unpaired) electrons. The molecule has 0 saturated heterocycles. The van der Waals surface area contributed by atoms with E-state index in [2.05, 4.69) is 20.5 Å². The van der Waals surface area contributed by atoms with E-state index < -0.39 is 11.9 Å². The summed E-state index contributed by atoms with van der Waals surface area (Å²) in [6, 6.07) is 7.75. The van der Waals surface area contributed by atoms with Crippen LogP contribution in [0, 0.1) is 5.82 Å². The topological polar surface area (TPSA) is 108 Å². The summed E-state index contributed by atoms with van der Waals surface area (Å²) in [5.41, 5.74) is 2.87. The van der Waals surface area contributed by atoms with Gasteiger partial charge in [0.2, 0.25) is 5.91 Å². The maximum absolute atomic E-state index is 13.2. The molecule has 2 heterocycles. The first-order chi connectivity index (χ1) is 12.5. The SMILES string of the molecule is O=C(O)CCC(=O)Nc1[nH]ncc1-c1ccncc1-c1ccc(F)cc1. The Kier molecular flexibility index (Phi) is 5.02. The summed E-state index contributed by atoms with van der Waals surface area (Å²) in [5, 5.41) is 18.0. The van der Waals surface area contributed by atoms with Gasteiger partial charge in [-0.25, -0.2) is 4.39 Å². The van der Waals surface area contributed by atoms with E-state index >= 15 is 0 Å². The van der Waals surface area contributed by atoms with Crippen molar-refractivity contribution in [2.45, 2.75) is 12.8 Å². The van der Waals surface area contributed by atoms with Crippen LogP contribution in [0.5, 0.6) is 0 Å². The van der Waals surface area contributed by atoms with E-state index in [1.165, 1.54) is 12.1 Å². The predicted octanol–water partition coefficient (Wildman–Crippen LogP) is 3.08. The molecule has 2 aromatic heterocycles. The molecule has 0 fully saturated rings. The third kappa shape index (κ3) is 3.92. The number of halogens is 1. The predicted molar refractivity (Wildman–Crippen MR) is 92.7 cm³/mol. The Morgan fingerprint density at radius 1 is 1.04 bits per heavy atom. The van der Waals surface area contributed by atoms with Gasteiger partial charge in [0.1, 0.15) is 11.6 Å². The summed E-state index contributed by atoms with van der Waals surface area (Å²) in [7, 11) is 0. The first-order valence-electron chi connectivity index (χ1n) is 7.80. The highest BCUT2D eigenvalue weighted by Crippen LogP contribution is 2.34. The van der Waals surface area contributed by atoms with Crippen LogP contribution in [-0.2, 0) is 9.59 Å². The van der Waals surface area contributed by atoms with Crippen molar-refractivity contribution in [1.82, 2.24) is 15.2 Å². The van der Waals surface area contributed by atoms with Gasteiger partial charge in [0, 0.05) is 29.9 Å². The lowest BCUT2D eigenvalue weighted by Crippen LogP contribution is -2.14. The van der Waals surface area contributed by atoms with Crippen LogP contribution < -0.4 is 5.32 Å². The maximum atomic E-state index is 13.2. The van der Waals surface area contributed by atoms with Gasteiger partial charge < -0.3 is 10.4 Å². The Hall–Kier alpha value is -3.55. The average molecular weight is 354 g/mol. The molecule has 132 valence electrons. The molecule has 0 aliphatic carbocycles. The van der Waals surface area contributed by atoms with Gasteiger partial charge in [-0.3, -0.25) is 19.7 Å². The molecule has 1 amide bonds. The fourth-order valence-electron chi connectivity index (χ4n) is 2.50. The Morgan fingerprint density at radius 3 is 2.54 bits per heavy atom. The molecule has 3 N–H and O–H groups in total. The summed E-state index contributed by atoms with van der Waals surface area (Å²) in [6.07, 6.45) is 4.40. The molecular weight excluding hydrogens is 339 g/mol. The number of carboxylic acid groups (broad SMARTS) is 1. The fraction of sp³-hybridized carbons (Fsp3) is 0.111. The lowest BCUT2D eigenvalue weighted by Gasteiger charge is -2.10. The molecule has 0 bridgehead atoms. The van der Waals surface area contributed by atoms with E-state index in [-0.39, 0.29) is 18.7 Å². The molecule has 0 spiro atoms. The van der Waals surface area contributed by atoms with Crippen molar-refractivity contribution in [3.8, 4) is 22.3 Å². The second-order valence-corrected chi connectivity index (χ2v) is 5.53. The van der Waals surface area contributed by atoms with Crippen LogP contribution in [0.3, 0.4) is 0 Å². The van der Waals surface area contributed by atoms with Crippen molar-refractivity contribution in [2.24, 2.45) is 0 Å². The zero-order chi connectivity index (χ0) is 18.5. The van der Waals surface area contributed by atoms with Crippen LogP contribution in [0.4, 0.5) is 10.2 Å². The molecule has 3 rings (SSSR count). The molecule has 0 saturated carbocycles. The third-order valence-electron chi connectivity index (χ3n) is 3.74. The van der Waals surface area contributed by atoms with Gasteiger partial charge in [0.15, 0.2) is 0 Å². The van der Waals surface area contributed by atoms with Crippen molar-refractivity contribution in [3.05, 3.63) is 54.7 Å². The molecule has 0 aliphatic heterocycles. The summed E-state index contributed by atoms with van der Waals surface area (Å²) in [5.74, 6) is -1.46. The van der Waals surface area contributed by atoms with Gasteiger partial charge in [-0.2, -0.15) is 5.10 Å². The van der Waals surface area contributed by atoms with Crippen LogP contribution >= 0.6 is 0 Å². The normalized spacial score (nSPS) is 10.5. The highest BCUT2D eigenvalue weighted by Gasteiger charge is 2.15. The van der Waals surface area contributed by atoms with E-state index in [0.717, 1.165) is 16.7 Å². The zero-order valence-electron chi connectivity index (χ0n) is 13.6. The minimum absolute atomic E-state index is 0.144. The number of carbonyl (C=O) groups excluding carboxylic acids is 1. The number of rotatable bonds is 6. The Morgan fingerprint density at radius 2 is 1.81 bits per heavy atom. The number of hydrogen-bond acceptors (Lipinski definition) is 4. The fourth-order valence-corrected chi connectivity index (χ4v) is 2.50. The maximum Gasteiger partial charge on any atom is 0.303 e. The van der Waals surface area contributed by atoms with E-state index in [0.29, 0.717) is 11.4 Å². The number of carbonyl (C=O) groups is 2. The number of hydrogen-bond donors (Lipinski definition) is 3. The number of anilines is 1. The second-order valence-electron chi connectivity index (χ2n) is 5.53. The van der Waals surface area contributed by atoms with Crippen LogP contribution in [0.15, 0.2) is 48.9 Å². The highest BCUT2D eigenvalue weighted by atomic mass is 19.1. The number of carboxylic acids is 1. The Labute approximate surface area is 147 Å². The number of H-pyrrole nitrogens is 1. The molecule has 0 aliphatic rings. The lowest BCUT2D eigenvalue weighted by molar-refractivity contribution is -0.138. The zero-order valence-corrected chi connectivity index (χ0v) is 13.6. The number of nitrogens with zero attached hydrogens (tertiary/aromatic N) is 2. The standard InChI is InChI=1S/C18H15FN4O3/c19-12-3-1-11(2-4-12)14-9-20-8-7-13(14)15-10-21-23-18(15)22-16(24)5-6-17(25)26/h1-4,7-10H,5-6H2,(H,25,26)(H2,21,22,23,24). The van der Waals surface area contributed by atoms with Gasteiger partial charge in [0.05, 0.1) is 12.6 Å². The minimum Gasteiger partial charge on any atom is -0.481 e. The lowest BCUT2D eigenvalue weighted by atomic mass is 9.98. The van der Waals surface area contributed by atoms with Crippen molar-refractivity contribution in [3.63, 3.8) is 0 Å². The van der Waals surface area contributed by atoms with Gasteiger partial charge in [-0.1, -0.05) is 12.1 Å². The van der Waals surface area contributed by atoms with E-state index in [9.17, 15) is 14.0 Å². The van der Waals surface area contributed by atoms with Crippen LogP contribution in [-0.4, -0.2) is 32.2 Å². The molecular formula is C18H15FN4O3. The average Bonchev–Trinajstić information content (AvgIpc) is 3.08. The molecule has 0 atom stereocenters. The number of aliphatic carboxylic acids is 1. The first-order valence-corrected chi connectivity index (χ1v) is 7.80. The molecule has 3 aromatic rings. The van der Waals surface area contributed by atoms with E-state index in [1.54, 1.807) is 36.8 Å². The van der Waals surface area contributed by atoms with Crippen LogP contribution in [0.25, 0.3) is 22.3 Å². The number of aromatic amines is 1. The second kappa shape index (κ2) is 7.56. The van der Waals surface area contributed by atoms with E-state index in [1.807, 2.05) is 0 Å². The number of aromatic nitrogens is 3. The summed E-state index contributed by atoms with van der Waals surface area (Å²) in [4.78, 5) is 26.6. The van der Waals surface area contributed by atoms with Gasteiger partial charge >= 0.3 is 5.97 Å². The molecule has 8 heteroatoms. The summed E-state index contributed by atoms with van der Waals surface area (Å²) >= 11 is 0.